The van der Waals surface area contributed by atoms with E-state index in [1.165, 1.54) is 25.3 Å². The van der Waals surface area contributed by atoms with Crippen molar-refractivity contribution in [3.63, 3.8) is 0 Å². The van der Waals surface area contributed by atoms with E-state index < -0.39 is 5.97 Å². The highest BCUT2D eigenvalue weighted by Crippen LogP contribution is 2.29. The van der Waals surface area contributed by atoms with Crippen LogP contribution in [0.5, 0.6) is 0 Å². The van der Waals surface area contributed by atoms with E-state index >= 15 is 0 Å². The van der Waals surface area contributed by atoms with Gasteiger partial charge in [-0.15, -0.1) is 0 Å². The number of hydrogen-bond donors (Lipinski definition) is 1. The lowest BCUT2D eigenvalue weighted by Crippen LogP contribution is -2.22. The molecular weight excluding hydrogens is 232 g/mol. The van der Waals surface area contributed by atoms with Crippen LogP contribution in [0.25, 0.3) is 0 Å². The highest BCUT2D eigenvalue weighted by Gasteiger charge is 2.21. The fourth-order valence-electron chi connectivity index (χ4n) is 2.53. The quantitative estimate of drug-likeness (QED) is 0.871. The van der Waals surface area contributed by atoms with Gasteiger partial charge < -0.3 is 14.3 Å². The lowest BCUT2D eigenvalue weighted by molar-refractivity contribution is -0.00575. The molecule has 0 bridgehead atoms. The van der Waals surface area contributed by atoms with Crippen molar-refractivity contribution in [3.8, 4) is 0 Å². The van der Waals surface area contributed by atoms with Crippen LogP contribution in [0.15, 0.2) is 16.5 Å². The van der Waals surface area contributed by atoms with Crippen molar-refractivity contribution >= 4 is 5.97 Å². The zero-order valence-electron chi connectivity index (χ0n) is 10.7. The summed E-state index contributed by atoms with van der Waals surface area (Å²) < 4.78 is 11.0. The Hall–Kier alpha value is -1.29. The maximum Gasteiger partial charge on any atom is 0.371 e. The van der Waals surface area contributed by atoms with Crippen LogP contribution in [-0.2, 0) is 11.3 Å². The van der Waals surface area contributed by atoms with E-state index in [0.717, 1.165) is 18.8 Å². The number of carboxylic acid groups (broad SMARTS) is 1. The molecule has 0 radical (unpaired) electrons. The molecule has 0 aliphatic heterocycles. The van der Waals surface area contributed by atoms with Crippen molar-refractivity contribution in [2.75, 3.05) is 0 Å². The van der Waals surface area contributed by atoms with Crippen LogP contribution in [0.2, 0.25) is 0 Å². The number of carbonyl (C=O) groups is 1. The van der Waals surface area contributed by atoms with Gasteiger partial charge in [-0.05, 0) is 30.9 Å². The molecule has 0 amide bonds. The van der Waals surface area contributed by atoms with Gasteiger partial charge in [-0.1, -0.05) is 26.2 Å². The molecule has 1 aromatic rings. The lowest BCUT2D eigenvalue weighted by atomic mass is 9.85. The summed E-state index contributed by atoms with van der Waals surface area (Å²) >= 11 is 0. The topological polar surface area (TPSA) is 59.7 Å². The molecule has 0 spiro atoms. The molecule has 1 N–H and O–H groups in total. The zero-order chi connectivity index (χ0) is 13.0. The minimum Gasteiger partial charge on any atom is -0.475 e. The van der Waals surface area contributed by atoms with Gasteiger partial charge in [-0.2, -0.15) is 0 Å². The standard InChI is InChI=1S/C14H20O4/c1-2-10-4-3-5-11(8-10)17-9-12-6-7-13(18-12)14(15)16/h6-7,10-11H,2-5,8-9H2,1H3,(H,15,16). The smallest absolute Gasteiger partial charge is 0.371 e. The molecule has 4 heteroatoms. The molecule has 1 aliphatic rings. The van der Waals surface area contributed by atoms with Crippen molar-refractivity contribution < 1.29 is 19.1 Å². The summed E-state index contributed by atoms with van der Waals surface area (Å²) in [5.41, 5.74) is 0. The van der Waals surface area contributed by atoms with Gasteiger partial charge in [-0.3, -0.25) is 0 Å². The summed E-state index contributed by atoms with van der Waals surface area (Å²) in [6.07, 6.45) is 6.25. The number of hydrogen-bond acceptors (Lipinski definition) is 3. The molecule has 2 rings (SSSR count). The molecule has 2 atom stereocenters. The zero-order valence-corrected chi connectivity index (χ0v) is 10.7. The Bertz CT molecular complexity index is 396. The van der Waals surface area contributed by atoms with Gasteiger partial charge in [0.15, 0.2) is 0 Å². The highest BCUT2D eigenvalue weighted by atomic mass is 16.5. The largest absolute Gasteiger partial charge is 0.475 e. The fourth-order valence-corrected chi connectivity index (χ4v) is 2.53. The Labute approximate surface area is 107 Å². The predicted octanol–water partition coefficient (Wildman–Crippen LogP) is 3.46. The van der Waals surface area contributed by atoms with Gasteiger partial charge in [0.1, 0.15) is 12.4 Å². The van der Waals surface area contributed by atoms with E-state index in [-0.39, 0.29) is 5.76 Å². The first kappa shape index (κ1) is 13.1. The van der Waals surface area contributed by atoms with Crippen LogP contribution in [0.1, 0.15) is 55.3 Å². The van der Waals surface area contributed by atoms with Gasteiger partial charge in [0, 0.05) is 0 Å². The van der Waals surface area contributed by atoms with Crippen molar-refractivity contribution in [2.45, 2.75) is 51.7 Å². The van der Waals surface area contributed by atoms with E-state index in [1.807, 2.05) is 0 Å². The van der Waals surface area contributed by atoms with E-state index in [4.69, 9.17) is 14.3 Å². The monoisotopic (exact) mass is 252 g/mol. The summed E-state index contributed by atoms with van der Waals surface area (Å²) in [5.74, 6) is 0.301. The molecule has 100 valence electrons. The third kappa shape index (κ3) is 3.35. The second-order valence-electron chi connectivity index (χ2n) is 4.95. The second kappa shape index (κ2) is 6.05. The third-order valence-corrected chi connectivity index (χ3v) is 3.65. The molecule has 1 fully saturated rings. The lowest BCUT2D eigenvalue weighted by Gasteiger charge is -2.28. The minimum atomic E-state index is -1.04. The molecule has 1 aromatic heterocycles. The maximum absolute atomic E-state index is 10.7. The molecule has 4 nitrogen and oxygen atoms in total. The first-order chi connectivity index (χ1) is 8.69. The van der Waals surface area contributed by atoms with Gasteiger partial charge in [-0.25, -0.2) is 4.79 Å². The van der Waals surface area contributed by atoms with Crippen LogP contribution in [-0.4, -0.2) is 17.2 Å². The Kier molecular flexibility index (Phi) is 4.42. The van der Waals surface area contributed by atoms with Crippen LogP contribution >= 0.6 is 0 Å². The molecule has 1 heterocycles. The molecule has 1 saturated carbocycles. The van der Waals surface area contributed by atoms with Gasteiger partial charge in [0.25, 0.3) is 0 Å². The van der Waals surface area contributed by atoms with E-state index in [2.05, 4.69) is 6.92 Å². The Morgan fingerprint density at radius 2 is 2.33 bits per heavy atom. The van der Waals surface area contributed by atoms with Crippen LogP contribution in [0, 0.1) is 5.92 Å². The van der Waals surface area contributed by atoms with Crippen LogP contribution in [0.4, 0.5) is 0 Å². The molecule has 2 unspecified atom stereocenters. The molecule has 0 aromatic carbocycles. The van der Waals surface area contributed by atoms with Crippen molar-refractivity contribution in [1.82, 2.24) is 0 Å². The number of carboxylic acids is 1. The first-order valence-electron chi connectivity index (χ1n) is 6.62. The van der Waals surface area contributed by atoms with Crippen LogP contribution in [0.3, 0.4) is 0 Å². The summed E-state index contributed by atoms with van der Waals surface area (Å²) in [6, 6.07) is 3.14. The molecule has 0 saturated heterocycles. The van der Waals surface area contributed by atoms with E-state index in [1.54, 1.807) is 6.07 Å². The first-order valence-corrected chi connectivity index (χ1v) is 6.62. The summed E-state index contributed by atoms with van der Waals surface area (Å²) in [6.45, 7) is 2.59. The molecule has 1 aliphatic carbocycles. The van der Waals surface area contributed by atoms with Gasteiger partial charge in [0.2, 0.25) is 5.76 Å². The number of furan rings is 1. The average molecular weight is 252 g/mol. The third-order valence-electron chi connectivity index (χ3n) is 3.65. The number of rotatable bonds is 5. The average Bonchev–Trinajstić information content (AvgIpc) is 2.85. The highest BCUT2D eigenvalue weighted by molar-refractivity contribution is 5.84. The Morgan fingerprint density at radius 3 is 3.00 bits per heavy atom. The van der Waals surface area contributed by atoms with Crippen molar-refractivity contribution in [1.29, 1.82) is 0 Å². The van der Waals surface area contributed by atoms with Crippen molar-refractivity contribution in [2.24, 2.45) is 5.92 Å². The maximum atomic E-state index is 10.7. The Morgan fingerprint density at radius 1 is 1.50 bits per heavy atom. The van der Waals surface area contributed by atoms with E-state index in [9.17, 15) is 4.79 Å². The minimum absolute atomic E-state index is 0.0244. The Balaban J connectivity index is 1.81. The predicted molar refractivity (Wildman–Crippen MR) is 66.5 cm³/mol. The summed E-state index contributed by atoms with van der Waals surface area (Å²) in [7, 11) is 0. The SMILES string of the molecule is CCC1CCCC(OCc2ccc(C(=O)O)o2)C1. The normalized spacial score (nSPS) is 24.1. The summed E-state index contributed by atoms with van der Waals surface area (Å²) in [5, 5.41) is 8.75. The van der Waals surface area contributed by atoms with Gasteiger partial charge >= 0.3 is 5.97 Å². The number of aromatic carboxylic acids is 1. The summed E-state index contributed by atoms with van der Waals surface area (Å²) in [4.78, 5) is 10.7. The van der Waals surface area contributed by atoms with Gasteiger partial charge in [0.05, 0.1) is 6.10 Å². The van der Waals surface area contributed by atoms with Crippen LogP contribution < -0.4 is 0 Å². The molecule has 18 heavy (non-hydrogen) atoms. The second-order valence-corrected chi connectivity index (χ2v) is 4.95. The fraction of sp³-hybridized carbons (Fsp3) is 0.643. The number of ether oxygens (including phenoxy) is 1. The van der Waals surface area contributed by atoms with E-state index in [0.29, 0.717) is 18.5 Å². The molecular formula is C14H20O4. The van der Waals surface area contributed by atoms with Crippen molar-refractivity contribution in [3.05, 3.63) is 23.7 Å².